The molecule has 84 valence electrons. The molecule has 0 rings (SSSR count). The van der Waals surface area contributed by atoms with Crippen LogP contribution in [0.25, 0.3) is 0 Å². The van der Waals surface area contributed by atoms with Gasteiger partial charge in [-0.2, -0.15) is 0 Å². The van der Waals surface area contributed by atoms with Crippen molar-refractivity contribution in [1.29, 1.82) is 0 Å². The minimum absolute atomic E-state index is 0.114. The van der Waals surface area contributed by atoms with E-state index in [-0.39, 0.29) is 5.41 Å². The van der Waals surface area contributed by atoms with Gasteiger partial charge in [-0.1, -0.05) is 33.0 Å². The summed E-state index contributed by atoms with van der Waals surface area (Å²) in [5.74, 6) is 0. The molecule has 3 N–H and O–H groups in total. The molecule has 0 spiro atoms. The van der Waals surface area contributed by atoms with Gasteiger partial charge in [0, 0.05) is 5.37 Å². The van der Waals surface area contributed by atoms with E-state index < -0.39 is 18.3 Å². The zero-order valence-corrected chi connectivity index (χ0v) is 9.79. The van der Waals surface area contributed by atoms with Gasteiger partial charge in [0.2, 0.25) is 0 Å². The zero-order chi connectivity index (χ0) is 11.4. The van der Waals surface area contributed by atoms with Crippen molar-refractivity contribution in [3.8, 4) is 0 Å². The lowest BCUT2D eigenvalue weighted by molar-refractivity contribution is -0.0388. The van der Waals surface area contributed by atoms with Crippen LogP contribution in [-0.2, 0) is 0 Å². The summed E-state index contributed by atoms with van der Waals surface area (Å²) in [6, 6.07) is 0. The molecule has 4 heteroatoms. The molecule has 14 heavy (non-hydrogen) atoms. The second-order valence-corrected chi connectivity index (χ2v) is 5.06. The molecule has 0 fully saturated rings. The second-order valence-electron chi connectivity index (χ2n) is 4.78. The highest BCUT2D eigenvalue weighted by Crippen LogP contribution is 2.22. The molecule has 0 radical (unpaired) electrons. The van der Waals surface area contributed by atoms with E-state index in [0.717, 1.165) is 11.8 Å². The van der Waals surface area contributed by atoms with E-state index in [2.05, 4.69) is 33.0 Å². The molecule has 0 aliphatic rings. The minimum atomic E-state index is -1.17. The maximum atomic E-state index is 9.51. The number of thiocarbonyl (C=S) groups is 1. The Morgan fingerprint density at radius 3 is 2.07 bits per heavy atom. The van der Waals surface area contributed by atoms with Crippen molar-refractivity contribution < 1.29 is 15.3 Å². The predicted molar refractivity (Wildman–Crippen MR) is 60.4 cm³/mol. The molecule has 0 aromatic carbocycles. The summed E-state index contributed by atoms with van der Waals surface area (Å²) in [5.41, 5.74) is 0.114. The van der Waals surface area contributed by atoms with E-state index in [4.69, 9.17) is 5.11 Å². The van der Waals surface area contributed by atoms with Crippen molar-refractivity contribution in [2.45, 2.75) is 51.9 Å². The Bertz CT molecular complexity index is 177. The van der Waals surface area contributed by atoms with Gasteiger partial charge in [0.15, 0.2) is 0 Å². The molecule has 0 saturated carbocycles. The highest BCUT2D eigenvalue weighted by molar-refractivity contribution is 7.79. The first-order valence-corrected chi connectivity index (χ1v) is 5.24. The summed E-state index contributed by atoms with van der Waals surface area (Å²) < 4.78 is 0. The van der Waals surface area contributed by atoms with Crippen LogP contribution >= 0.6 is 12.2 Å². The van der Waals surface area contributed by atoms with Gasteiger partial charge in [0.25, 0.3) is 0 Å². The van der Waals surface area contributed by atoms with Gasteiger partial charge in [0.05, 0.1) is 6.10 Å². The highest BCUT2D eigenvalue weighted by atomic mass is 32.1. The first-order valence-electron chi connectivity index (χ1n) is 4.77. The first-order chi connectivity index (χ1) is 6.28. The maximum Gasteiger partial charge on any atom is 0.111 e. The molecule has 0 amide bonds. The maximum absolute atomic E-state index is 9.51. The summed E-state index contributed by atoms with van der Waals surface area (Å²) in [4.78, 5) is 0. The monoisotopic (exact) mass is 220 g/mol. The molecule has 3 nitrogen and oxygen atoms in total. The fourth-order valence-corrected chi connectivity index (χ4v) is 1.22. The van der Waals surface area contributed by atoms with Crippen LogP contribution in [0.1, 0.15) is 33.6 Å². The van der Waals surface area contributed by atoms with Crippen molar-refractivity contribution in [3.05, 3.63) is 0 Å². The third-order valence-electron chi connectivity index (χ3n) is 2.07. The van der Waals surface area contributed by atoms with Gasteiger partial charge in [-0.05, 0) is 18.3 Å². The minimum Gasteiger partial charge on any atom is -0.390 e. The van der Waals surface area contributed by atoms with E-state index in [9.17, 15) is 10.2 Å². The Hall–Kier alpha value is -0.0300. The number of hydrogen-bond donors (Lipinski definition) is 3. The highest BCUT2D eigenvalue weighted by Gasteiger charge is 2.24. The quantitative estimate of drug-likeness (QED) is 0.602. The van der Waals surface area contributed by atoms with Gasteiger partial charge in [-0.15, -0.1) is 0 Å². The lowest BCUT2D eigenvalue weighted by Gasteiger charge is -2.24. The molecule has 0 bridgehead atoms. The molecule has 0 aliphatic carbocycles. The van der Waals surface area contributed by atoms with E-state index in [1.165, 1.54) is 0 Å². The molecule has 0 aliphatic heterocycles. The summed E-state index contributed by atoms with van der Waals surface area (Å²) in [5, 5.41) is 29.1. The largest absolute Gasteiger partial charge is 0.390 e. The van der Waals surface area contributed by atoms with Crippen LogP contribution in [-0.4, -0.2) is 39.0 Å². The summed E-state index contributed by atoms with van der Waals surface area (Å²) >= 11 is 4.48. The fourth-order valence-electron chi connectivity index (χ4n) is 1.06. The molecule has 3 atom stereocenters. The van der Waals surface area contributed by atoms with Gasteiger partial charge < -0.3 is 15.3 Å². The number of aliphatic hydroxyl groups excluding tert-OH is 3. The van der Waals surface area contributed by atoms with E-state index in [1.807, 2.05) is 0 Å². The Kier molecular flexibility index (Phi) is 5.74. The predicted octanol–water partition coefficient (Wildman–Crippen LogP) is 0.895. The Morgan fingerprint density at radius 1 is 1.21 bits per heavy atom. The third kappa shape index (κ3) is 5.65. The Balaban J connectivity index is 3.95. The number of aliphatic hydroxyl groups is 3. The number of rotatable bonds is 5. The number of hydrogen-bond acceptors (Lipinski definition) is 4. The molecular weight excluding hydrogens is 200 g/mol. The van der Waals surface area contributed by atoms with Crippen LogP contribution in [0, 0.1) is 5.41 Å². The van der Waals surface area contributed by atoms with E-state index >= 15 is 0 Å². The van der Waals surface area contributed by atoms with Crippen LogP contribution in [0.2, 0.25) is 0 Å². The van der Waals surface area contributed by atoms with Crippen LogP contribution in [0.4, 0.5) is 0 Å². The van der Waals surface area contributed by atoms with Crippen molar-refractivity contribution in [1.82, 2.24) is 0 Å². The standard InChI is InChI=1S/C10H20O3S/c1-10(2,3)5-4-7(11)9(13)8(12)6-14/h6-9,11-13H,4-5H2,1-3H3/t7-,8+,9-/m1/s1. The second kappa shape index (κ2) is 5.75. The van der Waals surface area contributed by atoms with Gasteiger partial charge in [0.1, 0.15) is 12.2 Å². The topological polar surface area (TPSA) is 60.7 Å². The molecular formula is C10H20O3S. The summed E-state index contributed by atoms with van der Waals surface area (Å²) in [7, 11) is 0. The van der Waals surface area contributed by atoms with Crippen molar-refractivity contribution >= 4 is 17.6 Å². The molecule has 0 unspecified atom stereocenters. The van der Waals surface area contributed by atoms with Crippen molar-refractivity contribution in [3.63, 3.8) is 0 Å². The van der Waals surface area contributed by atoms with Gasteiger partial charge in [-0.3, -0.25) is 0 Å². The average molecular weight is 220 g/mol. The third-order valence-corrected chi connectivity index (χ3v) is 2.35. The first kappa shape index (κ1) is 14.0. The van der Waals surface area contributed by atoms with Crippen LogP contribution in [0.3, 0.4) is 0 Å². The van der Waals surface area contributed by atoms with E-state index in [1.54, 1.807) is 0 Å². The van der Waals surface area contributed by atoms with Crippen LogP contribution in [0.5, 0.6) is 0 Å². The van der Waals surface area contributed by atoms with Crippen molar-refractivity contribution in [2.75, 3.05) is 0 Å². The van der Waals surface area contributed by atoms with Crippen molar-refractivity contribution in [2.24, 2.45) is 5.41 Å². The normalized spacial score (nSPS) is 18.7. The van der Waals surface area contributed by atoms with Gasteiger partial charge >= 0.3 is 0 Å². The fraction of sp³-hybridized carbons (Fsp3) is 0.900. The molecule has 0 aromatic rings. The average Bonchev–Trinajstić information content (AvgIpc) is 2.10. The Labute approximate surface area is 90.8 Å². The van der Waals surface area contributed by atoms with Crippen LogP contribution in [0.15, 0.2) is 0 Å². The smallest absolute Gasteiger partial charge is 0.111 e. The lowest BCUT2D eigenvalue weighted by atomic mass is 9.88. The molecule has 0 aromatic heterocycles. The SMILES string of the molecule is CC(C)(C)CC[C@@H](O)[C@@H](O)[C@@H](O)C=S. The molecule has 0 heterocycles. The zero-order valence-electron chi connectivity index (χ0n) is 8.97. The summed E-state index contributed by atoms with van der Waals surface area (Å²) in [6.07, 6.45) is -1.96. The van der Waals surface area contributed by atoms with Crippen LogP contribution < -0.4 is 0 Å². The lowest BCUT2D eigenvalue weighted by Crippen LogP contribution is -2.38. The Morgan fingerprint density at radius 2 is 1.71 bits per heavy atom. The van der Waals surface area contributed by atoms with Gasteiger partial charge in [-0.25, -0.2) is 0 Å². The molecule has 0 saturated heterocycles. The van der Waals surface area contributed by atoms with E-state index in [0.29, 0.717) is 6.42 Å². The summed E-state index contributed by atoms with van der Waals surface area (Å²) in [6.45, 7) is 6.17.